The molecule has 0 bridgehead atoms. The van der Waals surface area contributed by atoms with Gasteiger partial charge in [-0.15, -0.1) is 0 Å². The highest BCUT2D eigenvalue weighted by atomic mass is 16.3. The zero-order valence-electron chi connectivity index (χ0n) is 30.5. The van der Waals surface area contributed by atoms with Crippen LogP contribution in [0, 0.1) is 20.8 Å². The van der Waals surface area contributed by atoms with Gasteiger partial charge in [0.15, 0.2) is 0 Å². The number of fused-ring (bicyclic) bond motifs is 6. The summed E-state index contributed by atoms with van der Waals surface area (Å²) < 4.78 is 9.25. The van der Waals surface area contributed by atoms with Crippen molar-refractivity contribution in [1.29, 1.82) is 0 Å². The largest absolute Gasteiger partial charge is 0.455 e. The van der Waals surface area contributed by atoms with Crippen LogP contribution in [0.2, 0.25) is 0 Å². The molecular weight excluding hydrogens is 657 g/mol. The molecule has 54 heavy (non-hydrogen) atoms. The van der Waals surface area contributed by atoms with Crippen LogP contribution in [0.4, 0.5) is 17.1 Å². The van der Waals surface area contributed by atoms with E-state index in [4.69, 9.17) is 4.42 Å². The number of aromatic nitrogens is 1. The van der Waals surface area contributed by atoms with Gasteiger partial charge >= 0.3 is 0 Å². The standard InChI is InChI=1S/C51H38N2O/c1-33-16-15-19-38(28-33)52(50-34(2)29-37(30-35(50)3)36-17-5-4-6-18-36)39-31-44(51-45(32-39)43-23-10-14-27-49(43)54-51)42-22-9-13-26-48(42)53-46-24-11-7-20-40(46)41-21-8-12-25-47(41)53/h4-32H,1-3H3. The molecule has 2 heterocycles. The molecule has 0 aliphatic carbocycles. The van der Waals surface area contributed by atoms with Crippen molar-refractivity contribution in [2.24, 2.45) is 0 Å². The average molecular weight is 695 g/mol. The maximum absolute atomic E-state index is 6.83. The minimum Gasteiger partial charge on any atom is -0.455 e. The van der Waals surface area contributed by atoms with Gasteiger partial charge in [0.05, 0.1) is 22.4 Å². The summed E-state index contributed by atoms with van der Waals surface area (Å²) in [5.74, 6) is 0. The van der Waals surface area contributed by atoms with Crippen LogP contribution in [0.25, 0.3) is 71.7 Å². The van der Waals surface area contributed by atoms with Crippen LogP contribution in [0.15, 0.2) is 180 Å². The number of furan rings is 1. The van der Waals surface area contributed by atoms with Crippen molar-refractivity contribution in [3.8, 4) is 27.9 Å². The van der Waals surface area contributed by atoms with Gasteiger partial charge in [-0.2, -0.15) is 0 Å². The molecule has 8 aromatic carbocycles. The first-order valence-electron chi connectivity index (χ1n) is 18.6. The number of anilines is 3. The predicted molar refractivity (Wildman–Crippen MR) is 228 cm³/mol. The highest BCUT2D eigenvalue weighted by Crippen LogP contribution is 2.47. The van der Waals surface area contributed by atoms with Gasteiger partial charge in [-0.1, -0.05) is 115 Å². The molecule has 3 nitrogen and oxygen atoms in total. The highest BCUT2D eigenvalue weighted by molar-refractivity contribution is 6.14. The smallest absolute Gasteiger partial charge is 0.143 e. The van der Waals surface area contributed by atoms with E-state index in [1.165, 1.54) is 55.3 Å². The van der Waals surface area contributed by atoms with Crippen molar-refractivity contribution >= 4 is 60.8 Å². The van der Waals surface area contributed by atoms with Crippen LogP contribution >= 0.6 is 0 Å². The second kappa shape index (κ2) is 12.7. The van der Waals surface area contributed by atoms with Crippen LogP contribution in [0.1, 0.15) is 16.7 Å². The van der Waals surface area contributed by atoms with E-state index in [0.29, 0.717) is 0 Å². The number of aryl methyl sites for hydroxylation is 3. The fraction of sp³-hybridized carbons (Fsp3) is 0.0588. The van der Waals surface area contributed by atoms with Crippen molar-refractivity contribution in [2.45, 2.75) is 20.8 Å². The third-order valence-electron chi connectivity index (χ3n) is 10.8. The first kappa shape index (κ1) is 31.9. The van der Waals surface area contributed by atoms with Crippen molar-refractivity contribution < 1.29 is 4.42 Å². The lowest BCUT2D eigenvalue weighted by molar-refractivity contribution is 0.670. The van der Waals surface area contributed by atoms with E-state index < -0.39 is 0 Å². The van der Waals surface area contributed by atoms with Gasteiger partial charge < -0.3 is 13.9 Å². The van der Waals surface area contributed by atoms with Crippen molar-refractivity contribution in [2.75, 3.05) is 4.90 Å². The topological polar surface area (TPSA) is 21.3 Å². The molecule has 0 aliphatic heterocycles. The van der Waals surface area contributed by atoms with E-state index >= 15 is 0 Å². The lowest BCUT2D eigenvalue weighted by Gasteiger charge is -2.30. The summed E-state index contributed by atoms with van der Waals surface area (Å²) in [6.07, 6.45) is 0. The Bertz CT molecular complexity index is 2960. The highest BCUT2D eigenvalue weighted by Gasteiger charge is 2.24. The third kappa shape index (κ3) is 5.12. The van der Waals surface area contributed by atoms with Gasteiger partial charge in [0.25, 0.3) is 0 Å². The Hall–Kier alpha value is -6.84. The molecule has 0 atom stereocenters. The Kier molecular flexibility index (Phi) is 7.48. The molecular formula is C51H38N2O. The van der Waals surface area contributed by atoms with E-state index in [-0.39, 0.29) is 0 Å². The van der Waals surface area contributed by atoms with Gasteiger partial charge in [0.2, 0.25) is 0 Å². The lowest BCUT2D eigenvalue weighted by atomic mass is 9.96. The summed E-state index contributed by atoms with van der Waals surface area (Å²) in [4.78, 5) is 2.44. The Morgan fingerprint density at radius 1 is 0.444 bits per heavy atom. The number of nitrogens with zero attached hydrogens (tertiary/aromatic N) is 2. The Balaban J connectivity index is 1.28. The molecule has 3 heteroatoms. The molecule has 0 radical (unpaired) electrons. The molecule has 0 spiro atoms. The number of hydrogen-bond acceptors (Lipinski definition) is 2. The molecule has 0 amide bonds. The number of hydrogen-bond donors (Lipinski definition) is 0. The van der Waals surface area contributed by atoms with Crippen LogP contribution in [-0.4, -0.2) is 4.57 Å². The van der Waals surface area contributed by atoms with Gasteiger partial charge in [-0.25, -0.2) is 0 Å². The van der Waals surface area contributed by atoms with E-state index in [0.717, 1.165) is 50.1 Å². The molecule has 2 aromatic heterocycles. The van der Waals surface area contributed by atoms with E-state index in [1.807, 2.05) is 0 Å². The predicted octanol–water partition coefficient (Wildman–Crippen LogP) is 14.4. The molecule has 258 valence electrons. The number of para-hydroxylation sites is 4. The Morgan fingerprint density at radius 3 is 1.80 bits per heavy atom. The zero-order chi connectivity index (χ0) is 36.3. The normalized spacial score (nSPS) is 11.6. The third-order valence-corrected chi connectivity index (χ3v) is 10.8. The van der Waals surface area contributed by atoms with Crippen LogP contribution in [-0.2, 0) is 0 Å². The Morgan fingerprint density at radius 2 is 1.07 bits per heavy atom. The van der Waals surface area contributed by atoms with Crippen molar-refractivity contribution in [1.82, 2.24) is 4.57 Å². The van der Waals surface area contributed by atoms with E-state index in [2.05, 4.69) is 206 Å². The van der Waals surface area contributed by atoms with Crippen molar-refractivity contribution in [3.05, 3.63) is 193 Å². The van der Waals surface area contributed by atoms with Crippen LogP contribution in [0.3, 0.4) is 0 Å². The molecule has 0 N–H and O–H groups in total. The quantitative estimate of drug-likeness (QED) is 0.173. The maximum atomic E-state index is 6.83. The maximum Gasteiger partial charge on any atom is 0.143 e. The summed E-state index contributed by atoms with van der Waals surface area (Å²) in [7, 11) is 0. The SMILES string of the molecule is Cc1cccc(N(c2cc(-c3ccccc3-n3c4ccccc4c4ccccc43)c3oc4ccccc4c3c2)c2c(C)cc(-c3ccccc3)cc2C)c1. The minimum absolute atomic E-state index is 0.877. The van der Waals surface area contributed by atoms with Gasteiger partial charge in [-0.05, 0) is 109 Å². The zero-order valence-corrected chi connectivity index (χ0v) is 30.5. The molecule has 10 rings (SSSR count). The van der Waals surface area contributed by atoms with Crippen LogP contribution in [0.5, 0.6) is 0 Å². The van der Waals surface area contributed by atoms with Crippen LogP contribution < -0.4 is 4.90 Å². The van der Waals surface area contributed by atoms with Gasteiger partial charge in [-0.3, -0.25) is 0 Å². The number of rotatable bonds is 6. The fourth-order valence-electron chi connectivity index (χ4n) is 8.50. The summed E-state index contributed by atoms with van der Waals surface area (Å²) in [6, 6.07) is 63.4. The molecule has 0 aliphatic rings. The Labute approximate surface area is 315 Å². The van der Waals surface area contributed by atoms with Gasteiger partial charge in [0.1, 0.15) is 11.2 Å². The molecule has 0 fully saturated rings. The fourth-order valence-corrected chi connectivity index (χ4v) is 8.50. The minimum atomic E-state index is 0.877. The summed E-state index contributed by atoms with van der Waals surface area (Å²) >= 11 is 0. The van der Waals surface area contributed by atoms with Gasteiger partial charge in [0, 0.05) is 44.0 Å². The second-order valence-corrected chi connectivity index (χ2v) is 14.4. The first-order valence-corrected chi connectivity index (χ1v) is 18.6. The van der Waals surface area contributed by atoms with Crippen molar-refractivity contribution in [3.63, 3.8) is 0 Å². The molecule has 0 saturated carbocycles. The monoisotopic (exact) mass is 694 g/mol. The second-order valence-electron chi connectivity index (χ2n) is 14.4. The molecule has 0 unspecified atom stereocenters. The first-order chi connectivity index (χ1) is 26.5. The number of benzene rings is 8. The summed E-state index contributed by atoms with van der Waals surface area (Å²) in [6.45, 7) is 6.64. The summed E-state index contributed by atoms with van der Waals surface area (Å²) in [5.41, 5.74) is 16.8. The van der Waals surface area contributed by atoms with E-state index in [1.54, 1.807) is 0 Å². The van der Waals surface area contributed by atoms with E-state index in [9.17, 15) is 0 Å². The summed E-state index contributed by atoms with van der Waals surface area (Å²) in [5, 5.41) is 4.66. The lowest BCUT2D eigenvalue weighted by Crippen LogP contribution is -2.13. The average Bonchev–Trinajstić information content (AvgIpc) is 3.75. The molecule has 0 saturated heterocycles. The molecule has 10 aromatic rings.